The molecule has 0 aliphatic rings. The summed E-state index contributed by atoms with van der Waals surface area (Å²) in [5, 5.41) is 8.99. The number of hydrogen-bond donors (Lipinski definition) is 1. The van der Waals surface area contributed by atoms with Crippen molar-refractivity contribution in [3.05, 3.63) is 28.8 Å². The zero-order chi connectivity index (χ0) is 19.1. The van der Waals surface area contributed by atoms with E-state index in [1.807, 2.05) is 0 Å². The molecule has 0 radical (unpaired) electrons. The number of hydrogen-bond acceptors (Lipinski definition) is 3. The number of sulfone groups is 1. The van der Waals surface area contributed by atoms with Crippen LogP contribution in [-0.4, -0.2) is 31.4 Å². The van der Waals surface area contributed by atoms with Crippen molar-refractivity contribution in [3.8, 4) is 0 Å². The summed E-state index contributed by atoms with van der Waals surface area (Å²) in [5.41, 5.74) is -3.07. The predicted molar refractivity (Wildman–Crippen MR) is 75.0 cm³/mol. The van der Waals surface area contributed by atoms with E-state index in [0.717, 1.165) is 6.92 Å². The molecule has 0 heterocycles. The molecule has 10 heteroatoms. The van der Waals surface area contributed by atoms with E-state index < -0.39 is 61.2 Å². The highest BCUT2D eigenvalue weighted by Crippen LogP contribution is 2.47. The van der Waals surface area contributed by atoms with E-state index in [1.165, 1.54) is 13.8 Å². The lowest BCUT2D eigenvalue weighted by Crippen LogP contribution is -2.36. The molecule has 0 aliphatic carbocycles. The molecule has 0 fully saturated rings. The molecule has 1 aromatic carbocycles. The molecule has 0 saturated carbocycles. The van der Waals surface area contributed by atoms with E-state index in [2.05, 4.69) is 0 Å². The normalized spacial score (nSPS) is 13.4. The van der Waals surface area contributed by atoms with Crippen molar-refractivity contribution in [2.24, 2.45) is 5.92 Å². The Bertz CT molecular complexity index is 751. The highest BCUT2D eigenvalue weighted by molar-refractivity contribution is 7.91. The zero-order valence-electron chi connectivity index (χ0n) is 12.9. The Balaban J connectivity index is 3.88. The molecular weight excluding hydrogens is 359 g/mol. The second kappa shape index (κ2) is 6.30. The first-order valence-corrected chi connectivity index (χ1v) is 8.32. The Morgan fingerprint density at radius 1 is 1.17 bits per heavy atom. The van der Waals surface area contributed by atoms with Crippen LogP contribution in [0.4, 0.5) is 22.0 Å². The summed E-state index contributed by atoms with van der Waals surface area (Å²) >= 11 is 0. The van der Waals surface area contributed by atoms with Gasteiger partial charge in [-0.2, -0.15) is 22.0 Å². The van der Waals surface area contributed by atoms with Gasteiger partial charge in [0.1, 0.15) is 0 Å². The number of carboxylic acids is 1. The van der Waals surface area contributed by atoms with Gasteiger partial charge in [-0.25, -0.2) is 13.2 Å². The minimum atomic E-state index is -6.02. The summed E-state index contributed by atoms with van der Waals surface area (Å²) in [4.78, 5) is 9.80. The van der Waals surface area contributed by atoms with E-state index in [-0.39, 0.29) is 6.07 Å². The van der Waals surface area contributed by atoms with Gasteiger partial charge in [0.05, 0.1) is 16.2 Å². The Morgan fingerprint density at radius 2 is 1.67 bits per heavy atom. The Hall–Kier alpha value is -1.71. The molecule has 24 heavy (non-hydrogen) atoms. The van der Waals surface area contributed by atoms with Gasteiger partial charge in [-0.1, -0.05) is 19.9 Å². The largest absolute Gasteiger partial charge is 0.478 e. The maximum absolute atomic E-state index is 13.8. The minimum absolute atomic E-state index is 0.206. The van der Waals surface area contributed by atoms with Gasteiger partial charge in [0.15, 0.2) is 9.84 Å². The summed E-state index contributed by atoms with van der Waals surface area (Å²) < 4.78 is 90.3. The van der Waals surface area contributed by atoms with E-state index >= 15 is 0 Å². The van der Waals surface area contributed by atoms with Crippen LogP contribution in [-0.2, 0) is 15.8 Å². The molecule has 0 atom stereocenters. The number of aromatic carboxylic acids is 1. The third-order valence-corrected chi connectivity index (χ3v) is 5.45. The lowest BCUT2D eigenvalue weighted by atomic mass is 10.0. The number of benzene rings is 1. The molecule has 0 spiro atoms. The number of rotatable bonds is 5. The predicted octanol–water partition coefficient (Wildman–Crippen LogP) is 3.78. The van der Waals surface area contributed by atoms with Crippen molar-refractivity contribution in [2.45, 2.75) is 37.8 Å². The molecule has 0 aliphatic heterocycles. The maximum Gasteiger partial charge on any atom is 0.458 e. The average Bonchev–Trinajstić information content (AvgIpc) is 2.34. The molecule has 0 bridgehead atoms. The van der Waals surface area contributed by atoms with E-state index in [0.29, 0.717) is 6.07 Å². The fraction of sp³-hybridized carbons (Fsp3) is 0.500. The summed E-state index contributed by atoms with van der Waals surface area (Å²) in [6.07, 6.45) is -6.02. The first-order chi connectivity index (χ1) is 10.6. The lowest BCUT2D eigenvalue weighted by Gasteiger charge is -2.24. The molecule has 1 N–H and O–H groups in total. The first-order valence-electron chi connectivity index (χ1n) is 6.67. The number of carboxylic acid groups (broad SMARTS) is 1. The number of halogens is 5. The van der Waals surface area contributed by atoms with Crippen LogP contribution in [0, 0.1) is 12.8 Å². The van der Waals surface area contributed by atoms with Gasteiger partial charge in [0.25, 0.3) is 0 Å². The van der Waals surface area contributed by atoms with Gasteiger partial charge >= 0.3 is 18.1 Å². The van der Waals surface area contributed by atoms with Crippen molar-refractivity contribution in [1.82, 2.24) is 0 Å². The molecule has 0 amide bonds. The van der Waals surface area contributed by atoms with Gasteiger partial charge in [-0.15, -0.1) is 0 Å². The van der Waals surface area contributed by atoms with Gasteiger partial charge in [0, 0.05) is 5.56 Å². The quantitative estimate of drug-likeness (QED) is 0.797. The van der Waals surface area contributed by atoms with E-state index in [1.54, 1.807) is 0 Å². The van der Waals surface area contributed by atoms with Crippen LogP contribution in [0.2, 0.25) is 0 Å². The lowest BCUT2D eigenvalue weighted by molar-refractivity contribution is -0.290. The second-order valence-corrected chi connectivity index (χ2v) is 7.64. The van der Waals surface area contributed by atoms with Crippen LogP contribution in [0.3, 0.4) is 0 Å². The molecule has 1 rings (SSSR count). The third kappa shape index (κ3) is 3.68. The van der Waals surface area contributed by atoms with Crippen LogP contribution >= 0.6 is 0 Å². The molecule has 1 aromatic rings. The van der Waals surface area contributed by atoms with Crippen molar-refractivity contribution in [2.75, 3.05) is 5.75 Å². The Labute approximate surface area is 135 Å². The monoisotopic (exact) mass is 374 g/mol. The Morgan fingerprint density at radius 3 is 2.04 bits per heavy atom. The zero-order valence-corrected chi connectivity index (χ0v) is 13.7. The molecule has 0 saturated heterocycles. The van der Waals surface area contributed by atoms with Crippen LogP contribution in [0.15, 0.2) is 17.0 Å². The van der Waals surface area contributed by atoms with Gasteiger partial charge in [-0.05, 0) is 24.5 Å². The van der Waals surface area contributed by atoms with Crippen LogP contribution < -0.4 is 0 Å². The fourth-order valence-electron chi connectivity index (χ4n) is 2.25. The number of alkyl halides is 5. The molecule has 4 nitrogen and oxygen atoms in total. The van der Waals surface area contributed by atoms with Crippen molar-refractivity contribution >= 4 is 15.8 Å². The summed E-state index contributed by atoms with van der Waals surface area (Å²) in [7, 11) is -4.56. The van der Waals surface area contributed by atoms with Crippen molar-refractivity contribution < 1.29 is 40.3 Å². The minimum Gasteiger partial charge on any atom is -0.478 e. The van der Waals surface area contributed by atoms with Gasteiger partial charge in [0.2, 0.25) is 0 Å². The second-order valence-electron chi connectivity index (χ2n) is 5.67. The summed E-state index contributed by atoms with van der Waals surface area (Å²) in [6.45, 7) is 3.78. The highest BCUT2D eigenvalue weighted by atomic mass is 32.2. The first kappa shape index (κ1) is 20.3. The SMILES string of the molecule is Cc1c(C(=O)O)ccc(C(F)(F)C(F)(F)F)c1S(=O)(=O)CC(C)C. The van der Waals surface area contributed by atoms with Crippen LogP contribution in [0.25, 0.3) is 0 Å². The van der Waals surface area contributed by atoms with E-state index in [9.17, 15) is 35.2 Å². The molecule has 136 valence electrons. The van der Waals surface area contributed by atoms with Gasteiger partial charge in [-0.3, -0.25) is 0 Å². The maximum atomic E-state index is 13.8. The average molecular weight is 374 g/mol. The third-order valence-electron chi connectivity index (χ3n) is 3.19. The Kier molecular flexibility index (Phi) is 5.34. The van der Waals surface area contributed by atoms with Gasteiger partial charge < -0.3 is 5.11 Å². The topological polar surface area (TPSA) is 71.4 Å². The van der Waals surface area contributed by atoms with Crippen LogP contribution in [0.5, 0.6) is 0 Å². The molecule has 0 unspecified atom stereocenters. The van der Waals surface area contributed by atoms with Crippen molar-refractivity contribution in [1.29, 1.82) is 0 Å². The fourth-order valence-corrected chi connectivity index (χ4v) is 4.40. The molecule has 0 aromatic heterocycles. The van der Waals surface area contributed by atoms with Crippen LogP contribution in [0.1, 0.15) is 35.3 Å². The summed E-state index contributed by atoms with van der Waals surface area (Å²) in [6, 6.07) is 0.748. The standard InChI is InChI=1S/C14H15F5O4S/c1-7(2)6-24(22,23)11-8(3)9(12(20)21)4-5-10(11)13(15,16)14(17,18)19/h4-5,7H,6H2,1-3H3,(H,20,21). The summed E-state index contributed by atoms with van der Waals surface area (Å²) in [5.74, 6) is -8.32. The highest BCUT2D eigenvalue weighted by Gasteiger charge is 2.60. The molecular formula is C14H15F5O4S. The smallest absolute Gasteiger partial charge is 0.458 e. The number of carbonyl (C=O) groups is 1. The van der Waals surface area contributed by atoms with E-state index in [4.69, 9.17) is 5.11 Å². The van der Waals surface area contributed by atoms with Crippen molar-refractivity contribution in [3.63, 3.8) is 0 Å².